The van der Waals surface area contributed by atoms with Crippen LogP contribution in [0.5, 0.6) is 0 Å². The zero-order valence-electron chi connectivity index (χ0n) is 7.96. The smallest absolute Gasteiger partial charge is 0.0621 e. The van der Waals surface area contributed by atoms with E-state index in [2.05, 4.69) is 27.3 Å². The summed E-state index contributed by atoms with van der Waals surface area (Å²) in [5.41, 5.74) is 1.13. The van der Waals surface area contributed by atoms with Crippen LogP contribution in [0.25, 0.3) is 0 Å². The van der Waals surface area contributed by atoms with Crippen molar-refractivity contribution in [3.05, 3.63) is 28.7 Å². The standard InChI is InChI=1S/C11H13BrN2/c12-10-4-6-11(7-5-10)14-9-3-1-2-8-13/h4-7,14H,1-3,9H2. The first-order valence-electron chi connectivity index (χ1n) is 4.69. The van der Waals surface area contributed by atoms with Crippen molar-refractivity contribution < 1.29 is 0 Å². The van der Waals surface area contributed by atoms with Gasteiger partial charge in [-0.3, -0.25) is 0 Å². The molecule has 0 saturated heterocycles. The number of rotatable bonds is 5. The molecule has 1 rings (SSSR count). The molecule has 74 valence electrons. The van der Waals surface area contributed by atoms with E-state index in [4.69, 9.17) is 5.26 Å². The first-order valence-corrected chi connectivity index (χ1v) is 5.48. The number of nitriles is 1. The molecule has 0 aliphatic heterocycles. The molecule has 1 N–H and O–H groups in total. The van der Waals surface area contributed by atoms with E-state index >= 15 is 0 Å². The number of unbranched alkanes of at least 4 members (excludes halogenated alkanes) is 2. The Balaban J connectivity index is 2.19. The zero-order valence-corrected chi connectivity index (χ0v) is 9.55. The van der Waals surface area contributed by atoms with E-state index in [1.54, 1.807) is 0 Å². The maximum absolute atomic E-state index is 8.34. The summed E-state index contributed by atoms with van der Waals surface area (Å²) < 4.78 is 1.09. The van der Waals surface area contributed by atoms with Crippen LogP contribution in [0.3, 0.4) is 0 Å². The quantitative estimate of drug-likeness (QED) is 0.814. The average molecular weight is 253 g/mol. The van der Waals surface area contributed by atoms with E-state index in [1.165, 1.54) is 0 Å². The van der Waals surface area contributed by atoms with Crippen molar-refractivity contribution in [2.75, 3.05) is 11.9 Å². The Bertz CT molecular complexity index is 300. The Labute approximate surface area is 93.1 Å². The number of benzene rings is 1. The van der Waals surface area contributed by atoms with Gasteiger partial charge >= 0.3 is 0 Å². The minimum atomic E-state index is 0.655. The highest BCUT2D eigenvalue weighted by atomic mass is 79.9. The van der Waals surface area contributed by atoms with Crippen molar-refractivity contribution in [2.45, 2.75) is 19.3 Å². The van der Waals surface area contributed by atoms with Crippen LogP contribution in [0, 0.1) is 11.3 Å². The Morgan fingerprint density at radius 2 is 1.93 bits per heavy atom. The summed E-state index contributed by atoms with van der Waals surface area (Å²) in [6.45, 7) is 0.934. The first kappa shape index (κ1) is 11.1. The topological polar surface area (TPSA) is 35.8 Å². The summed E-state index contributed by atoms with van der Waals surface area (Å²) in [5, 5.41) is 11.6. The summed E-state index contributed by atoms with van der Waals surface area (Å²) in [6, 6.07) is 10.2. The maximum atomic E-state index is 8.34. The van der Waals surface area contributed by atoms with Gasteiger partial charge in [-0.2, -0.15) is 5.26 Å². The fourth-order valence-corrected chi connectivity index (χ4v) is 1.39. The van der Waals surface area contributed by atoms with Crippen molar-refractivity contribution >= 4 is 21.6 Å². The Morgan fingerprint density at radius 3 is 2.57 bits per heavy atom. The molecular weight excluding hydrogens is 240 g/mol. The summed E-state index contributed by atoms with van der Waals surface area (Å²) >= 11 is 3.38. The van der Waals surface area contributed by atoms with Gasteiger partial charge in [0.1, 0.15) is 0 Å². The Morgan fingerprint density at radius 1 is 1.21 bits per heavy atom. The minimum Gasteiger partial charge on any atom is -0.385 e. The molecule has 2 nitrogen and oxygen atoms in total. The summed E-state index contributed by atoms with van der Waals surface area (Å²) in [6.07, 6.45) is 2.67. The molecule has 0 aromatic heterocycles. The molecule has 0 atom stereocenters. The Kier molecular flexibility index (Phi) is 5.09. The fourth-order valence-electron chi connectivity index (χ4n) is 1.13. The molecule has 0 saturated carbocycles. The number of hydrogen-bond donors (Lipinski definition) is 1. The van der Waals surface area contributed by atoms with Gasteiger partial charge in [-0.1, -0.05) is 15.9 Å². The van der Waals surface area contributed by atoms with Crippen LogP contribution in [0.4, 0.5) is 5.69 Å². The predicted molar refractivity (Wildman–Crippen MR) is 62.1 cm³/mol. The van der Waals surface area contributed by atoms with Crippen LogP contribution < -0.4 is 5.32 Å². The molecular formula is C11H13BrN2. The van der Waals surface area contributed by atoms with Gasteiger partial charge in [-0.25, -0.2) is 0 Å². The first-order chi connectivity index (χ1) is 6.83. The van der Waals surface area contributed by atoms with Crippen LogP contribution >= 0.6 is 15.9 Å². The molecule has 1 aromatic carbocycles. The summed E-state index contributed by atoms with van der Waals surface area (Å²) in [4.78, 5) is 0. The van der Waals surface area contributed by atoms with E-state index in [1.807, 2.05) is 24.3 Å². The molecule has 0 bridgehead atoms. The molecule has 0 aliphatic carbocycles. The van der Waals surface area contributed by atoms with Gasteiger partial charge in [0.05, 0.1) is 6.07 Å². The second kappa shape index (κ2) is 6.44. The summed E-state index contributed by atoms with van der Waals surface area (Å²) in [5.74, 6) is 0. The van der Waals surface area contributed by atoms with E-state index in [-0.39, 0.29) is 0 Å². The third kappa shape index (κ3) is 4.29. The van der Waals surface area contributed by atoms with Crippen LogP contribution in [-0.2, 0) is 0 Å². The molecule has 1 aromatic rings. The minimum absolute atomic E-state index is 0.655. The van der Waals surface area contributed by atoms with Crippen LogP contribution in [0.2, 0.25) is 0 Å². The molecule has 0 spiro atoms. The van der Waals surface area contributed by atoms with E-state index in [0.717, 1.165) is 29.5 Å². The maximum Gasteiger partial charge on any atom is 0.0621 e. The third-order valence-corrected chi connectivity index (χ3v) is 2.42. The van der Waals surface area contributed by atoms with Crippen molar-refractivity contribution in [3.8, 4) is 6.07 Å². The lowest BCUT2D eigenvalue weighted by atomic mass is 10.2. The largest absolute Gasteiger partial charge is 0.385 e. The lowest BCUT2D eigenvalue weighted by molar-refractivity contribution is 0.784. The molecule has 0 amide bonds. The number of hydrogen-bond acceptors (Lipinski definition) is 2. The van der Waals surface area contributed by atoms with E-state index < -0.39 is 0 Å². The van der Waals surface area contributed by atoms with Gasteiger partial charge in [0, 0.05) is 23.1 Å². The van der Waals surface area contributed by atoms with E-state index in [9.17, 15) is 0 Å². The highest BCUT2D eigenvalue weighted by Gasteiger charge is 1.91. The molecule has 3 heteroatoms. The molecule has 0 fully saturated rings. The van der Waals surface area contributed by atoms with Gasteiger partial charge in [-0.05, 0) is 37.1 Å². The fraction of sp³-hybridized carbons (Fsp3) is 0.364. The van der Waals surface area contributed by atoms with Crippen LogP contribution in [0.15, 0.2) is 28.7 Å². The van der Waals surface area contributed by atoms with Crippen LogP contribution in [-0.4, -0.2) is 6.54 Å². The van der Waals surface area contributed by atoms with Gasteiger partial charge in [0.25, 0.3) is 0 Å². The molecule has 0 unspecified atom stereocenters. The van der Waals surface area contributed by atoms with Crippen molar-refractivity contribution in [3.63, 3.8) is 0 Å². The zero-order chi connectivity index (χ0) is 10.2. The van der Waals surface area contributed by atoms with Crippen LogP contribution in [0.1, 0.15) is 19.3 Å². The highest BCUT2D eigenvalue weighted by Crippen LogP contribution is 2.13. The lowest BCUT2D eigenvalue weighted by Gasteiger charge is -2.04. The second-order valence-electron chi connectivity index (χ2n) is 3.05. The van der Waals surface area contributed by atoms with Gasteiger partial charge in [0.2, 0.25) is 0 Å². The number of halogens is 1. The molecule has 0 heterocycles. The predicted octanol–water partition coefficient (Wildman–Crippen LogP) is 3.55. The second-order valence-corrected chi connectivity index (χ2v) is 3.96. The lowest BCUT2D eigenvalue weighted by Crippen LogP contribution is -2.00. The number of nitrogens with zero attached hydrogens (tertiary/aromatic N) is 1. The van der Waals surface area contributed by atoms with Crippen molar-refractivity contribution in [1.29, 1.82) is 5.26 Å². The number of anilines is 1. The van der Waals surface area contributed by atoms with Crippen molar-refractivity contribution in [1.82, 2.24) is 0 Å². The van der Waals surface area contributed by atoms with Gasteiger partial charge < -0.3 is 5.32 Å². The molecule has 0 aliphatic rings. The molecule has 14 heavy (non-hydrogen) atoms. The third-order valence-electron chi connectivity index (χ3n) is 1.89. The summed E-state index contributed by atoms with van der Waals surface area (Å²) in [7, 11) is 0. The van der Waals surface area contributed by atoms with Gasteiger partial charge in [-0.15, -0.1) is 0 Å². The van der Waals surface area contributed by atoms with E-state index in [0.29, 0.717) is 6.42 Å². The highest BCUT2D eigenvalue weighted by molar-refractivity contribution is 9.10. The molecule has 0 radical (unpaired) electrons. The average Bonchev–Trinajstić information content (AvgIpc) is 2.21. The SMILES string of the molecule is N#CCCCCNc1ccc(Br)cc1. The van der Waals surface area contributed by atoms with Crippen molar-refractivity contribution in [2.24, 2.45) is 0 Å². The number of nitrogens with one attached hydrogen (secondary N) is 1. The van der Waals surface area contributed by atoms with Gasteiger partial charge in [0.15, 0.2) is 0 Å². The normalized spacial score (nSPS) is 9.43. The Hall–Kier alpha value is -1.01. The monoisotopic (exact) mass is 252 g/mol.